The van der Waals surface area contributed by atoms with Crippen LogP contribution in [0.3, 0.4) is 0 Å². The molecule has 1 fully saturated rings. The molecule has 0 saturated carbocycles. The molecule has 0 aromatic carbocycles. The molecule has 1 heterocycles. The second-order valence-electron chi connectivity index (χ2n) is 6.59. The van der Waals surface area contributed by atoms with Gasteiger partial charge in [-0.3, -0.25) is 9.59 Å². The standard InChI is InChI=1S/C19H34O5S/c20-18(10-11-19(21)23-14-12-17-16-24-17)22-13-8-6-4-2-1-3-5-7-9-15-25/h17,25H,1-16H2. The second kappa shape index (κ2) is 15.5. The normalized spacial score (nSPS) is 15.8. The largest absolute Gasteiger partial charge is 0.466 e. The summed E-state index contributed by atoms with van der Waals surface area (Å²) in [5, 5.41) is 0. The molecule has 1 saturated heterocycles. The van der Waals surface area contributed by atoms with E-state index < -0.39 is 0 Å². The lowest BCUT2D eigenvalue weighted by molar-refractivity contribution is -0.150. The lowest BCUT2D eigenvalue weighted by Gasteiger charge is -2.06. The van der Waals surface area contributed by atoms with Gasteiger partial charge in [-0.1, -0.05) is 44.9 Å². The number of hydrogen-bond donors (Lipinski definition) is 1. The van der Waals surface area contributed by atoms with Gasteiger partial charge in [0.1, 0.15) is 0 Å². The van der Waals surface area contributed by atoms with Crippen molar-refractivity contribution in [2.45, 2.75) is 83.2 Å². The fourth-order valence-corrected chi connectivity index (χ4v) is 2.75. The van der Waals surface area contributed by atoms with Crippen LogP contribution >= 0.6 is 12.6 Å². The summed E-state index contributed by atoms with van der Waals surface area (Å²) in [6, 6.07) is 0. The average Bonchev–Trinajstić information content (AvgIpc) is 3.42. The molecule has 0 spiro atoms. The summed E-state index contributed by atoms with van der Waals surface area (Å²) in [6.07, 6.45) is 12.1. The molecule has 1 rings (SSSR count). The smallest absolute Gasteiger partial charge is 0.306 e. The lowest BCUT2D eigenvalue weighted by Crippen LogP contribution is -2.12. The van der Waals surface area contributed by atoms with Crippen LogP contribution in [0.25, 0.3) is 0 Å². The molecule has 0 bridgehead atoms. The van der Waals surface area contributed by atoms with Crippen LogP contribution in [-0.2, 0) is 23.8 Å². The summed E-state index contributed by atoms with van der Waals surface area (Å²) in [7, 11) is 0. The van der Waals surface area contributed by atoms with Gasteiger partial charge < -0.3 is 14.2 Å². The zero-order valence-corrected chi connectivity index (χ0v) is 16.3. The van der Waals surface area contributed by atoms with E-state index >= 15 is 0 Å². The number of unbranched alkanes of at least 4 members (excludes halogenated alkanes) is 8. The van der Waals surface area contributed by atoms with E-state index in [1.165, 1.54) is 44.9 Å². The van der Waals surface area contributed by atoms with Crippen molar-refractivity contribution in [2.24, 2.45) is 0 Å². The fraction of sp³-hybridized carbons (Fsp3) is 0.895. The third kappa shape index (κ3) is 15.2. The highest BCUT2D eigenvalue weighted by atomic mass is 32.1. The van der Waals surface area contributed by atoms with E-state index in [1.807, 2.05) is 0 Å². The van der Waals surface area contributed by atoms with Gasteiger partial charge in [-0.15, -0.1) is 0 Å². The highest BCUT2D eigenvalue weighted by molar-refractivity contribution is 7.80. The third-order valence-electron chi connectivity index (χ3n) is 4.20. The fourth-order valence-electron chi connectivity index (χ4n) is 2.52. The Labute approximate surface area is 157 Å². The van der Waals surface area contributed by atoms with Crippen LogP contribution in [0.1, 0.15) is 77.0 Å². The van der Waals surface area contributed by atoms with Crippen LogP contribution in [0.2, 0.25) is 0 Å². The van der Waals surface area contributed by atoms with Gasteiger partial charge in [0.05, 0.1) is 38.8 Å². The Bertz CT molecular complexity index is 358. The van der Waals surface area contributed by atoms with Crippen LogP contribution in [0, 0.1) is 0 Å². The van der Waals surface area contributed by atoms with Crippen molar-refractivity contribution in [3.63, 3.8) is 0 Å². The molecular formula is C19H34O5S. The topological polar surface area (TPSA) is 65.1 Å². The number of ether oxygens (including phenoxy) is 3. The Morgan fingerprint density at radius 1 is 0.800 bits per heavy atom. The minimum Gasteiger partial charge on any atom is -0.466 e. The van der Waals surface area contributed by atoms with E-state index in [4.69, 9.17) is 14.2 Å². The van der Waals surface area contributed by atoms with E-state index in [2.05, 4.69) is 12.6 Å². The quantitative estimate of drug-likeness (QED) is 0.180. The first-order chi connectivity index (χ1) is 12.2. The van der Waals surface area contributed by atoms with Crippen LogP contribution in [0.4, 0.5) is 0 Å². The monoisotopic (exact) mass is 374 g/mol. The molecule has 0 aromatic heterocycles. The van der Waals surface area contributed by atoms with Gasteiger partial charge in [0, 0.05) is 6.42 Å². The van der Waals surface area contributed by atoms with E-state index in [0.717, 1.165) is 31.6 Å². The molecule has 1 unspecified atom stereocenters. The van der Waals surface area contributed by atoms with E-state index in [-0.39, 0.29) is 30.9 Å². The van der Waals surface area contributed by atoms with Gasteiger partial charge in [0.25, 0.3) is 0 Å². The average molecular weight is 375 g/mol. The maximum atomic E-state index is 11.5. The highest BCUT2D eigenvalue weighted by Gasteiger charge is 2.22. The zero-order valence-electron chi connectivity index (χ0n) is 15.4. The summed E-state index contributed by atoms with van der Waals surface area (Å²) in [6.45, 7) is 1.59. The third-order valence-corrected chi connectivity index (χ3v) is 4.52. The number of thiol groups is 1. The number of hydrogen-bond acceptors (Lipinski definition) is 6. The minimum atomic E-state index is -0.341. The lowest BCUT2D eigenvalue weighted by atomic mass is 10.1. The molecule has 146 valence electrons. The minimum absolute atomic E-state index is 0.0948. The maximum Gasteiger partial charge on any atom is 0.306 e. The summed E-state index contributed by atoms with van der Waals surface area (Å²) in [4.78, 5) is 23.0. The van der Waals surface area contributed by atoms with E-state index in [9.17, 15) is 9.59 Å². The van der Waals surface area contributed by atoms with Gasteiger partial charge in [-0.25, -0.2) is 0 Å². The Balaban J connectivity index is 1.78. The summed E-state index contributed by atoms with van der Waals surface area (Å²) >= 11 is 4.21. The molecule has 0 aliphatic carbocycles. The summed E-state index contributed by atoms with van der Waals surface area (Å²) in [5.41, 5.74) is 0. The number of carbonyl (C=O) groups excluding carboxylic acids is 2. The Morgan fingerprint density at radius 2 is 1.28 bits per heavy atom. The number of carbonyl (C=O) groups is 2. The number of rotatable bonds is 17. The second-order valence-corrected chi connectivity index (χ2v) is 7.04. The molecule has 6 heteroatoms. The van der Waals surface area contributed by atoms with Crippen molar-refractivity contribution in [2.75, 3.05) is 25.6 Å². The number of esters is 2. The van der Waals surface area contributed by atoms with Crippen LogP contribution in [0.5, 0.6) is 0 Å². The van der Waals surface area contributed by atoms with Crippen LogP contribution < -0.4 is 0 Å². The van der Waals surface area contributed by atoms with Gasteiger partial charge >= 0.3 is 11.9 Å². The first kappa shape index (κ1) is 22.3. The predicted octanol–water partition coefficient (Wildman–Crippen LogP) is 4.08. The molecule has 25 heavy (non-hydrogen) atoms. The molecule has 1 aliphatic rings. The van der Waals surface area contributed by atoms with Crippen molar-refractivity contribution in [3.8, 4) is 0 Å². The molecule has 1 atom stereocenters. The number of epoxide rings is 1. The predicted molar refractivity (Wildman–Crippen MR) is 101 cm³/mol. The first-order valence-electron chi connectivity index (χ1n) is 9.76. The molecule has 0 aromatic rings. The molecule has 1 aliphatic heterocycles. The maximum absolute atomic E-state index is 11.5. The molecule has 0 N–H and O–H groups in total. The Kier molecular flexibility index (Phi) is 13.8. The van der Waals surface area contributed by atoms with Crippen molar-refractivity contribution in [3.05, 3.63) is 0 Å². The van der Waals surface area contributed by atoms with E-state index in [0.29, 0.717) is 13.2 Å². The van der Waals surface area contributed by atoms with Gasteiger partial charge in [0.15, 0.2) is 0 Å². The Morgan fingerprint density at radius 3 is 1.80 bits per heavy atom. The van der Waals surface area contributed by atoms with Crippen LogP contribution in [0.15, 0.2) is 0 Å². The first-order valence-corrected chi connectivity index (χ1v) is 10.4. The van der Waals surface area contributed by atoms with Crippen LogP contribution in [-0.4, -0.2) is 43.6 Å². The molecule has 0 radical (unpaired) electrons. The molecular weight excluding hydrogens is 340 g/mol. The van der Waals surface area contributed by atoms with E-state index in [1.54, 1.807) is 0 Å². The van der Waals surface area contributed by atoms with Gasteiger partial charge in [0.2, 0.25) is 0 Å². The van der Waals surface area contributed by atoms with Gasteiger partial charge in [-0.05, 0) is 18.6 Å². The Hall–Kier alpha value is -0.750. The highest BCUT2D eigenvalue weighted by Crippen LogP contribution is 2.13. The van der Waals surface area contributed by atoms with Crippen molar-refractivity contribution in [1.29, 1.82) is 0 Å². The van der Waals surface area contributed by atoms with Crippen molar-refractivity contribution in [1.82, 2.24) is 0 Å². The zero-order chi connectivity index (χ0) is 18.2. The summed E-state index contributed by atoms with van der Waals surface area (Å²) < 4.78 is 15.2. The molecule has 0 amide bonds. The van der Waals surface area contributed by atoms with Crippen molar-refractivity contribution < 1.29 is 23.8 Å². The SMILES string of the molecule is O=C(CCC(=O)OCCC1CO1)OCCCCCCCCCCCS. The molecule has 5 nitrogen and oxygen atoms in total. The summed E-state index contributed by atoms with van der Waals surface area (Å²) in [5.74, 6) is 0.342. The van der Waals surface area contributed by atoms with Crippen molar-refractivity contribution >= 4 is 24.6 Å². The van der Waals surface area contributed by atoms with Gasteiger partial charge in [-0.2, -0.15) is 12.6 Å².